The summed E-state index contributed by atoms with van der Waals surface area (Å²) >= 11 is 0. The molecule has 1 fully saturated rings. The van der Waals surface area contributed by atoms with Gasteiger partial charge in [0.15, 0.2) is 5.79 Å². The van der Waals surface area contributed by atoms with Gasteiger partial charge >= 0.3 is 0 Å². The molecule has 1 heterocycles. The minimum atomic E-state index is -0.501. The predicted octanol–water partition coefficient (Wildman–Crippen LogP) is 3.58. The monoisotopic (exact) mass is 280 g/mol. The highest BCUT2D eigenvalue weighted by molar-refractivity contribution is 5.26. The van der Waals surface area contributed by atoms with Crippen molar-refractivity contribution in [3.8, 4) is 0 Å². The zero-order valence-electron chi connectivity index (χ0n) is 13.0. The highest BCUT2D eigenvalue weighted by Crippen LogP contribution is 2.40. The van der Waals surface area contributed by atoms with Crippen LogP contribution in [0.2, 0.25) is 0 Å². The van der Waals surface area contributed by atoms with Gasteiger partial charge in [-0.25, -0.2) is 0 Å². The van der Waals surface area contributed by atoms with Gasteiger partial charge in [0.25, 0.3) is 0 Å². The molecule has 114 valence electrons. The lowest BCUT2D eigenvalue weighted by atomic mass is 9.75. The second-order valence-corrected chi connectivity index (χ2v) is 6.67. The van der Waals surface area contributed by atoms with E-state index >= 15 is 0 Å². The Morgan fingerprint density at radius 2 is 2.05 bits per heavy atom. The van der Waals surface area contributed by atoms with Crippen molar-refractivity contribution in [3.63, 3.8) is 0 Å². The first-order valence-electron chi connectivity index (χ1n) is 7.79. The van der Waals surface area contributed by atoms with Gasteiger partial charge < -0.3 is 14.6 Å². The predicted molar refractivity (Wildman–Crippen MR) is 80.4 cm³/mol. The number of aliphatic hydroxyl groups excluding tert-OH is 1. The molecule has 0 aromatic rings. The van der Waals surface area contributed by atoms with Crippen LogP contribution in [0.3, 0.4) is 0 Å². The summed E-state index contributed by atoms with van der Waals surface area (Å²) in [6.07, 6.45) is 11.4. The minimum Gasteiger partial charge on any atom is -0.393 e. The Bertz CT molecular complexity index is 372. The largest absolute Gasteiger partial charge is 0.393 e. The van der Waals surface area contributed by atoms with Gasteiger partial charge in [0, 0.05) is 5.41 Å². The van der Waals surface area contributed by atoms with Gasteiger partial charge in [-0.3, -0.25) is 0 Å². The van der Waals surface area contributed by atoms with Crippen molar-refractivity contribution in [2.75, 3.05) is 13.2 Å². The molecule has 1 aliphatic heterocycles. The maximum absolute atomic E-state index is 10.1. The van der Waals surface area contributed by atoms with E-state index in [-0.39, 0.29) is 11.5 Å². The number of hydrogen-bond acceptors (Lipinski definition) is 3. The molecule has 0 aromatic heterocycles. The van der Waals surface area contributed by atoms with Crippen LogP contribution in [0.5, 0.6) is 0 Å². The number of allylic oxidation sites excluding steroid dienone is 2. The molecule has 3 nitrogen and oxygen atoms in total. The topological polar surface area (TPSA) is 38.7 Å². The van der Waals surface area contributed by atoms with Gasteiger partial charge in [-0.05, 0) is 38.7 Å². The van der Waals surface area contributed by atoms with E-state index in [2.05, 4.69) is 25.2 Å². The highest BCUT2D eigenvalue weighted by atomic mass is 16.7. The van der Waals surface area contributed by atoms with Crippen molar-refractivity contribution in [1.29, 1.82) is 0 Å². The number of rotatable bonds is 4. The summed E-state index contributed by atoms with van der Waals surface area (Å²) in [6.45, 7) is 7.33. The van der Waals surface area contributed by atoms with E-state index in [1.807, 2.05) is 13.8 Å². The Hall–Kier alpha value is -0.640. The third kappa shape index (κ3) is 4.18. The zero-order valence-corrected chi connectivity index (χ0v) is 13.0. The van der Waals surface area contributed by atoms with Gasteiger partial charge in [-0.15, -0.1) is 0 Å². The fraction of sp³-hybridized carbons (Fsp3) is 0.765. The quantitative estimate of drug-likeness (QED) is 0.800. The van der Waals surface area contributed by atoms with E-state index in [1.165, 1.54) is 18.4 Å². The van der Waals surface area contributed by atoms with Gasteiger partial charge in [0.05, 0.1) is 19.3 Å². The molecule has 1 atom stereocenters. The van der Waals surface area contributed by atoms with Crippen LogP contribution in [0, 0.1) is 5.41 Å². The Morgan fingerprint density at radius 3 is 2.70 bits per heavy atom. The summed E-state index contributed by atoms with van der Waals surface area (Å²) in [5, 5.41) is 10.1. The summed E-state index contributed by atoms with van der Waals surface area (Å²) in [7, 11) is 0. The lowest BCUT2D eigenvalue weighted by Gasteiger charge is -2.44. The molecule has 2 rings (SSSR count). The Labute approximate surface area is 122 Å². The number of hydrogen-bond donors (Lipinski definition) is 1. The molecule has 1 saturated heterocycles. The first-order chi connectivity index (χ1) is 9.45. The van der Waals surface area contributed by atoms with Crippen LogP contribution in [-0.2, 0) is 9.47 Å². The summed E-state index contributed by atoms with van der Waals surface area (Å²) in [6, 6.07) is 0. The van der Waals surface area contributed by atoms with Gasteiger partial charge in [0.2, 0.25) is 0 Å². The van der Waals surface area contributed by atoms with E-state index in [0.717, 1.165) is 19.3 Å². The molecule has 20 heavy (non-hydrogen) atoms. The molecule has 0 saturated carbocycles. The zero-order chi connectivity index (χ0) is 14.6. The van der Waals surface area contributed by atoms with Crippen LogP contribution in [0.1, 0.15) is 52.9 Å². The van der Waals surface area contributed by atoms with Crippen LogP contribution in [0.4, 0.5) is 0 Å². The molecule has 2 aliphatic rings. The van der Waals surface area contributed by atoms with Crippen LogP contribution in [0.25, 0.3) is 0 Å². The Kier molecular flexibility index (Phi) is 5.05. The van der Waals surface area contributed by atoms with E-state index in [4.69, 9.17) is 9.47 Å². The number of ether oxygens (including phenoxy) is 2. The standard InChI is InChI=1S/C17H28O3/c1-4-5-6-7-8-14-9-15(18)11-17(10-14)12-19-16(2,3)20-13-17/h7-8,10,15,18H,4-6,9,11-13H2,1-3H3. The lowest BCUT2D eigenvalue weighted by Crippen LogP contribution is -2.48. The van der Waals surface area contributed by atoms with Gasteiger partial charge in [0.1, 0.15) is 0 Å². The smallest absolute Gasteiger partial charge is 0.162 e. The van der Waals surface area contributed by atoms with Crippen LogP contribution < -0.4 is 0 Å². The van der Waals surface area contributed by atoms with Crippen LogP contribution in [-0.4, -0.2) is 30.2 Å². The normalized spacial score (nSPS) is 28.8. The summed E-state index contributed by atoms with van der Waals surface area (Å²) in [4.78, 5) is 0. The van der Waals surface area contributed by atoms with Crippen molar-refractivity contribution >= 4 is 0 Å². The lowest BCUT2D eigenvalue weighted by molar-refractivity contribution is -0.280. The maximum Gasteiger partial charge on any atom is 0.162 e. The summed E-state index contributed by atoms with van der Waals surface area (Å²) in [5.74, 6) is -0.501. The van der Waals surface area contributed by atoms with Gasteiger partial charge in [-0.1, -0.05) is 38.0 Å². The first kappa shape index (κ1) is 15.7. The third-order valence-corrected chi connectivity index (χ3v) is 4.08. The Balaban J connectivity index is 2.04. The van der Waals surface area contributed by atoms with Crippen molar-refractivity contribution in [2.24, 2.45) is 5.41 Å². The number of unbranched alkanes of at least 4 members (excludes halogenated alkanes) is 2. The second-order valence-electron chi connectivity index (χ2n) is 6.67. The molecule has 3 heteroatoms. The summed E-state index contributed by atoms with van der Waals surface area (Å²) in [5.41, 5.74) is 1.06. The van der Waals surface area contributed by atoms with Crippen molar-refractivity contribution in [2.45, 2.75) is 64.8 Å². The molecular formula is C17H28O3. The van der Waals surface area contributed by atoms with Gasteiger partial charge in [-0.2, -0.15) is 0 Å². The molecule has 0 bridgehead atoms. The first-order valence-corrected chi connectivity index (χ1v) is 7.79. The van der Waals surface area contributed by atoms with Crippen LogP contribution >= 0.6 is 0 Å². The Morgan fingerprint density at radius 1 is 1.35 bits per heavy atom. The molecular weight excluding hydrogens is 252 g/mol. The van der Waals surface area contributed by atoms with E-state index in [1.54, 1.807) is 0 Å². The average molecular weight is 280 g/mol. The third-order valence-electron chi connectivity index (χ3n) is 4.08. The van der Waals surface area contributed by atoms with Crippen LogP contribution in [0.15, 0.2) is 23.8 Å². The summed E-state index contributed by atoms with van der Waals surface area (Å²) < 4.78 is 11.6. The van der Waals surface area contributed by atoms with E-state index in [9.17, 15) is 5.11 Å². The molecule has 1 aliphatic carbocycles. The number of aliphatic hydroxyl groups is 1. The molecule has 0 aromatic carbocycles. The van der Waals surface area contributed by atoms with Crippen molar-refractivity contribution in [3.05, 3.63) is 23.8 Å². The maximum atomic E-state index is 10.1. The average Bonchev–Trinajstić information content (AvgIpc) is 2.38. The molecule has 1 N–H and O–H groups in total. The fourth-order valence-corrected chi connectivity index (χ4v) is 2.92. The fourth-order valence-electron chi connectivity index (χ4n) is 2.92. The molecule has 0 amide bonds. The second kappa shape index (κ2) is 6.42. The van der Waals surface area contributed by atoms with E-state index < -0.39 is 5.79 Å². The van der Waals surface area contributed by atoms with Crippen molar-refractivity contribution in [1.82, 2.24) is 0 Å². The SMILES string of the molecule is CCCCC=CC1=CC2(COC(C)(C)OC2)CC(O)C1. The molecule has 1 unspecified atom stereocenters. The van der Waals surface area contributed by atoms with Crippen molar-refractivity contribution < 1.29 is 14.6 Å². The molecule has 0 radical (unpaired) electrons. The highest BCUT2D eigenvalue weighted by Gasteiger charge is 2.42. The molecule has 1 spiro atoms. The van der Waals surface area contributed by atoms with E-state index in [0.29, 0.717) is 13.2 Å². The minimum absolute atomic E-state index is 0.155.